The summed E-state index contributed by atoms with van der Waals surface area (Å²) in [7, 11) is 0. The minimum atomic E-state index is -0.297. The summed E-state index contributed by atoms with van der Waals surface area (Å²) in [6.07, 6.45) is 1.21. The third-order valence-corrected chi connectivity index (χ3v) is 2.62. The van der Waals surface area contributed by atoms with Crippen molar-refractivity contribution in [1.29, 1.82) is 0 Å². The first-order chi connectivity index (χ1) is 7.16. The Morgan fingerprint density at radius 2 is 2.27 bits per heavy atom. The number of rotatable bonds is 3. The molecule has 1 aromatic rings. The minimum absolute atomic E-state index is 0.231. The number of ether oxygens (including phenoxy) is 2. The van der Waals surface area contributed by atoms with Crippen molar-refractivity contribution in [3.63, 3.8) is 0 Å². The second-order valence-electron chi connectivity index (χ2n) is 3.70. The lowest BCUT2D eigenvalue weighted by molar-refractivity contribution is 0.174. The molecule has 0 fully saturated rings. The molecule has 0 radical (unpaired) electrons. The first-order valence-corrected chi connectivity index (χ1v) is 5.30. The van der Waals surface area contributed by atoms with Crippen molar-refractivity contribution >= 4 is 11.6 Å². The van der Waals surface area contributed by atoms with Gasteiger partial charge < -0.3 is 14.6 Å². The van der Waals surface area contributed by atoms with Gasteiger partial charge in [-0.1, -0.05) is 11.6 Å². The summed E-state index contributed by atoms with van der Waals surface area (Å²) in [5.74, 6) is 1.32. The van der Waals surface area contributed by atoms with Crippen molar-refractivity contribution in [2.24, 2.45) is 0 Å². The number of aliphatic hydroxyl groups is 1. The van der Waals surface area contributed by atoms with Gasteiger partial charge in [0, 0.05) is 0 Å². The SMILES string of the molecule is C[C@@H](O)CCc1cc(Cl)c2c(c1)OCO2. The van der Waals surface area contributed by atoms with Gasteiger partial charge in [-0.25, -0.2) is 0 Å². The summed E-state index contributed by atoms with van der Waals surface area (Å²) in [5.41, 5.74) is 1.06. The highest BCUT2D eigenvalue weighted by molar-refractivity contribution is 6.32. The van der Waals surface area contributed by atoms with Gasteiger partial charge in [0.05, 0.1) is 11.1 Å². The Morgan fingerprint density at radius 1 is 1.47 bits per heavy atom. The molecule has 0 spiro atoms. The Morgan fingerprint density at radius 3 is 3.00 bits per heavy atom. The van der Waals surface area contributed by atoms with Crippen LogP contribution in [0.5, 0.6) is 11.5 Å². The zero-order valence-electron chi connectivity index (χ0n) is 8.50. The van der Waals surface area contributed by atoms with Crippen LogP contribution in [0.3, 0.4) is 0 Å². The van der Waals surface area contributed by atoms with Gasteiger partial charge >= 0.3 is 0 Å². The monoisotopic (exact) mass is 228 g/mol. The molecule has 0 aliphatic carbocycles. The minimum Gasteiger partial charge on any atom is -0.454 e. The summed E-state index contributed by atoms with van der Waals surface area (Å²) in [4.78, 5) is 0. The highest BCUT2D eigenvalue weighted by Gasteiger charge is 2.18. The molecule has 3 nitrogen and oxygen atoms in total. The average molecular weight is 229 g/mol. The molecule has 4 heteroatoms. The second kappa shape index (κ2) is 4.29. The van der Waals surface area contributed by atoms with Crippen LogP contribution < -0.4 is 9.47 Å². The van der Waals surface area contributed by atoms with Crippen LogP contribution in [0.2, 0.25) is 5.02 Å². The highest BCUT2D eigenvalue weighted by Crippen LogP contribution is 2.39. The predicted octanol–water partition coefficient (Wildman–Crippen LogP) is 2.38. The lowest BCUT2D eigenvalue weighted by Crippen LogP contribution is -2.01. The van der Waals surface area contributed by atoms with Gasteiger partial charge in [-0.05, 0) is 37.5 Å². The van der Waals surface area contributed by atoms with Crippen molar-refractivity contribution in [1.82, 2.24) is 0 Å². The normalized spacial score (nSPS) is 15.4. The fraction of sp³-hybridized carbons (Fsp3) is 0.455. The van der Waals surface area contributed by atoms with E-state index < -0.39 is 0 Å². The van der Waals surface area contributed by atoms with E-state index in [0.29, 0.717) is 16.5 Å². The molecular weight excluding hydrogens is 216 g/mol. The molecule has 1 N–H and O–H groups in total. The number of fused-ring (bicyclic) bond motifs is 1. The van der Waals surface area contributed by atoms with Crippen molar-refractivity contribution in [2.45, 2.75) is 25.9 Å². The topological polar surface area (TPSA) is 38.7 Å². The van der Waals surface area contributed by atoms with E-state index in [0.717, 1.165) is 18.4 Å². The van der Waals surface area contributed by atoms with Crippen molar-refractivity contribution in [2.75, 3.05) is 6.79 Å². The van der Waals surface area contributed by atoms with Crippen LogP contribution in [0, 0.1) is 0 Å². The molecule has 2 rings (SSSR count). The maximum atomic E-state index is 9.19. The summed E-state index contributed by atoms with van der Waals surface area (Å²) in [6.45, 7) is 2.00. The highest BCUT2D eigenvalue weighted by atomic mass is 35.5. The molecule has 1 atom stereocenters. The molecule has 1 aliphatic rings. The fourth-order valence-corrected chi connectivity index (χ4v) is 1.83. The van der Waals surface area contributed by atoms with E-state index in [4.69, 9.17) is 21.1 Å². The third-order valence-electron chi connectivity index (χ3n) is 2.34. The standard InChI is InChI=1S/C11H13ClO3/c1-7(13)2-3-8-4-9(12)11-10(5-8)14-6-15-11/h4-5,7,13H,2-3,6H2,1H3/t7-/m1/s1. The molecule has 1 aromatic carbocycles. The Hall–Kier alpha value is -0.930. The van der Waals surface area contributed by atoms with E-state index >= 15 is 0 Å². The quantitative estimate of drug-likeness (QED) is 0.864. The number of aliphatic hydroxyl groups excluding tert-OH is 1. The maximum Gasteiger partial charge on any atom is 0.231 e. The molecule has 1 aliphatic heterocycles. The second-order valence-corrected chi connectivity index (χ2v) is 4.11. The van der Waals surface area contributed by atoms with Crippen LogP contribution in [-0.4, -0.2) is 18.0 Å². The van der Waals surface area contributed by atoms with Gasteiger partial charge in [-0.3, -0.25) is 0 Å². The molecule has 15 heavy (non-hydrogen) atoms. The van der Waals surface area contributed by atoms with E-state index in [-0.39, 0.29) is 12.9 Å². The van der Waals surface area contributed by atoms with Crippen molar-refractivity contribution < 1.29 is 14.6 Å². The van der Waals surface area contributed by atoms with Crippen LogP contribution >= 0.6 is 11.6 Å². The number of halogens is 1. The summed E-state index contributed by atoms with van der Waals surface area (Å²) in [6, 6.07) is 3.77. The van der Waals surface area contributed by atoms with Crippen LogP contribution in [0.15, 0.2) is 12.1 Å². The Labute approximate surface area is 93.6 Å². The zero-order valence-corrected chi connectivity index (χ0v) is 9.25. The molecule has 0 bridgehead atoms. The van der Waals surface area contributed by atoms with Gasteiger partial charge in [-0.15, -0.1) is 0 Å². The molecule has 0 saturated carbocycles. The Bertz CT molecular complexity index is 363. The first kappa shape index (κ1) is 10.6. The largest absolute Gasteiger partial charge is 0.454 e. The van der Waals surface area contributed by atoms with Gasteiger partial charge in [-0.2, -0.15) is 0 Å². The van der Waals surface area contributed by atoms with Crippen LogP contribution in [0.25, 0.3) is 0 Å². The molecular formula is C11H13ClO3. The van der Waals surface area contributed by atoms with Crippen LogP contribution in [-0.2, 0) is 6.42 Å². The van der Waals surface area contributed by atoms with E-state index in [2.05, 4.69) is 0 Å². The molecule has 0 aromatic heterocycles. The Kier molecular flexibility index (Phi) is 3.03. The molecule has 1 heterocycles. The molecule has 82 valence electrons. The van der Waals surface area contributed by atoms with Gasteiger partial charge in [0.15, 0.2) is 11.5 Å². The summed E-state index contributed by atoms with van der Waals surface area (Å²) < 4.78 is 10.5. The maximum absolute atomic E-state index is 9.19. The van der Waals surface area contributed by atoms with E-state index in [1.807, 2.05) is 12.1 Å². The predicted molar refractivity (Wildman–Crippen MR) is 57.6 cm³/mol. The first-order valence-electron chi connectivity index (χ1n) is 4.93. The van der Waals surface area contributed by atoms with Gasteiger partial charge in [0.2, 0.25) is 6.79 Å². The third kappa shape index (κ3) is 2.36. The number of benzene rings is 1. The zero-order chi connectivity index (χ0) is 10.8. The lowest BCUT2D eigenvalue weighted by atomic mass is 10.1. The van der Waals surface area contributed by atoms with Crippen LogP contribution in [0.4, 0.5) is 0 Å². The Balaban J connectivity index is 2.16. The molecule has 0 amide bonds. The number of aryl methyl sites for hydroxylation is 1. The lowest BCUT2D eigenvalue weighted by Gasteiger charge is -2.06. The smallest absolute Gasteiger partial charge is 0.231 e. The van der Waals surface area contributed by atoms with Gasteiger partial charge in [0.25, 0.3) is 0 Å². The number of hydrogen-bond acceptors (Lipinski definition) is 3. The van der Waals surface area contributed by atoms with Crippen molar-refractivity contribution in [3.05, 3.63) is 22.7 Å². The summed E-state index contributed by atoms with van der Waals surface area (Å²) >= 11 is 6.02. The summed E-state index contributed by atoms with van der Waals surface area (Å²) in [5, 5.41) is 9.76. The fourth-order valence-electron chi connectivity index (χ4n) is 1.54. The van der Waals surface area contributed by atoms with Gasteiger partial charge in [0.1, 0.15) is 0 Å². The molecule has 0 unspecified atom stereocenters. The van der Waals surface area contributed by atoms with Crippen LogP contribution in [0.1, 0.15) is 18.9 Å². The van der Waals surface area contributed by atoms with E-state index in [1.165, 1.54) is 0 Å². The average Bonchev–Trinajstić information content (AvgIpc) is 2.63. The van der Waals surface area contributed by atoms with E-state index in [9.17, 15) is 5.11 Å². The van der Waals surface area contributed by atoms with Crippen molar-refractivity contribution in [3.8, 4) is 11.5 Å². The van der Waals surface area contributed by atoms with E-state index in [1.54, 1.807) is 6.92 Å². The molecule has 0 saturated heterocycles. The number of hydrogen-bond donors (Lipinski definition) is 1.